The van der Waals surface area contributed by atoms with Crippen LogP contribution in [0.2, 0.25) is 0 Å². The predicted molar refractivity (Wildman–Crippen MR) is 191 cm³/mol. The van der Waals surface area contributed by atoms with Crippen molar-refractivity contribution in [3.63, 3.8) is 0 Å². The molecule has 4 amide bonds. The second-order valence-corrected chi connectivity index (χ2v) is 11.6. The van der Waals surface area contributed by atoms with E-state index in [0.29, 0.717) is 11.0 Å². The maximum atomic E-state index is 12.9. The summed E-state index contributed by atoms with van der Waals surface area (Å²) < 4.78 is 0. The van der Waals surface area contributed by atoms with E-state index in [1.54, 1.807) is 57.2 Å². The summed E-state index contributed by atoms with van der Waals surface area (Å²) in [6.45, 7) is 14.9. The fourth-order valence-corrected chi connectivity index (χ4v) is 3.80. The highest BCUT2D eigenvalue weighted by Crippen LogP contribution is 2.14. The number of H-pyrrole nitrogens is 1. The molecular weight excluding hydrogens is 630 g/mol. The van der Waals surface area contributed by atoms with Gasteiger partial charge in [-0.15, -0.1) is 0 Å². The molecule has 0 aliphatic rings. The zero-order valence-electron chi connectivity index (χ0n) is 29.9. The molecule has 272 valence electrons. The van der Waals surface area contributed by atoms with E-state index >= 15 is 0 Å². The van der Waals surface area contributed by atoms with Gasteiger partial charge in [-0.3, -0.25) is 29.3 Å². The van der Waals surface area contributed by atoms with E-state index in [9.17, 15) is 29.1 Å². The summed E-state index contributed by atoms with van der Waals surface area (Å²) in [7, 11) is 0. The number of aliphatic hydroxyl groups excluding tert-OH is 1. The molecule has 0 spiro atoms. The number of aromatic nitrogens is 2. The Morgan fingerprint density at radius 3 is 1.92 bits per heavy atom. The molecule has 14 nitrogen and oxygen atoms in total. The quantitative estimate of drug-likeness (QED) is 0.132. The molecule has 0 saturated heterocycles. The van der Waals surface area contributed by atoms with Crippen molar-refractivity contribution < 1.29 is 34.2 Å². The molecule has 49 heavy (non-hydrogen) atoms. The van der Waals surface area contributed by atoms with E-state index in [0.717, 1.165) is 11.5 Å². The maximum absolute atomic E-state index is 12.9. The van der Waals surface area contributed by atoms with Crippen molar-refractivity contribution in [3.05, 3.63) is 60.2 Å². The van der Waals surface area contributed by atoms with Crippen LogP contribution in [0, 0.1) is 11.8 Å². The second-order valence-electron chi connectivity index (χ2n) is 11.6. The van der Waals surface area contributed by atoms with Gasteiger partial charge in [-0.25, -0.2) is 4.98 Å². The minimum Gasteiger partial charge on any atom is -0.481 e. The first-order chi connectivity index (χ1) is 23.2. The fraction of sp³-hybridized carbons (Fsp3) is 0.486. The van der Waals surface area contributed by atoms with E-state index in [2.05, 4.69) is 52.0 Å². The average molecular weight is 686 g/mol. The number of imidazole rings is 1. The van der Waals surface area contributed by atoms with Crippen LogP contribution >= 0.6 is 0 Å². The van der Waals surface area contributed by atoms with Gasteiger partial charge < -0.3 is 36.9 Å². The highest BCUT2D eigenvalue weighted by molar-refractivity contribution is 5.95. The van der Waals surface area contributed by atoms with Crippen LogP contribution in [0.4, 0.5) is 5.95 Å². The van der Waals surface area contributed by atoms with E-state index < -0.39 is 54.3 Å². The van der Waals surface area contributed by atoms with Crippen molar-refractivity contribution in [2.45, 2.75) is 86.4 Å². The first kappa shape index (κ1) is 44.2. The van der Waals surface area contributed by atoms with Gasteiger partial charge in [-0.1, -0.05) is 97.9 Å². The number of amides is 4. The number of fused-ring (bicyclic) bond motifs is 1. The summed E-state index contributed by atoms with van der Waals surface area (Å²) in [5.41, 5.74) is 7.45. The maximum Gasteiger partial charge on any atom is 0.303 e. The largest absolute Gasteiger partial charge is 0.481 e. The number of carbonyl (C=O) groups excluding carboxylic acids is 4. The molecule has 0 aliphatic heterocycles. The van der Waals surface area contributed by atoms with Gasteiger partial charge in [0.2, 0.25) is 23.7 Å². The number of carbonyl (C=O) groups is 5. The van der Waals surface area contributed by atoms with Gasteiger partial charge in [0.1, 0.15) is 6.04 Å². The second kappa shape index (κ2) is 24.3. The third-order valence-corrected chi connectivity index (χ3v) is 6.10. The van der Waals surface area contributed by atoms with Crippen molar-refractivity contribution in [1.29, 1.82) is 0 Å². The highest BCUT2D eigenvalue weighted by Gasteiger charge is 2.29. The Morgan fingerprint density at radius 1 is 0.857 bits per heavy atom. The van der Waals surface area contributed by atoms with Gasteiger partial charge in [0, 0.05) is 6.42 Å². The van der Waals surface area contributed by atoms with Crippen LogP contribution in [0.3, 0.4) is 0 Å². The van der Waals surface area contributed by atoms with Crippen molar-refractivity contribution >= 4 is 46.6 Å². The third-order valence-electron chi connectivity index (χ3n) is 6.10. The topological polar surface area (TPSA) is 229 Å². The van der Waals surface area contributed by atoms with Gasteiger partial charge in [0.05, 0.1) is 30.2 Å². The highest BCUT2D eigenvalue weighted by atomic mass is 16.4. The molecule has 1 heterocycles. The monoisotopic (exact) mass is 685 g/mol. The van der Waals surface area contributed by atoms with Crippen molar-refractivity contribution in [2.24, 2.45) is 17.6 Å². The number of rotatable bonds is 13. The van der Waals surface area contributed by atoms with E-state index in [1.165, 1.54) is 0 Å². The lowest BCUT2D eigenvalue weighted by Crippen LogP contribution is -2.55. The lowest BCUT2D eigenvalue weighted by Gasteiger charge is -2.24. The molecule has 2 unspecified atom stereocenters. The Kier molecular flexibility index (Phi) is 21.9. The molecular formula is C35H55N7O7. The fourth-order valence-electron chi connectivity index (χ4n) is 3.80. The van der Waals surface area contributed by atoms with Gasteiger partial charge in [-0.2, -0.15) is 0 Å². The molecule has 14 heteroatoms. The molecule has 0 fully saturated rings. The average Bonchev–Trinajstić information content (AvgIpc) is 3.48. The number of anilines is 1. The van der Waals surface area contributed by atoms with Crippen molar-refractivity contribution in [2.75, 3.05) is 18.4 Å². The Balaban J connectivity index is 0.00000183. The molecule has 0 radical (unpaired) electrons. The molecule has 2 aromatic carbocycles. The van der Waals surface area contributed by atoms with Crippen LogP contribution in [0.15, 0.2) is 54.6 Å². The standard InChI is InChI=1S/C26H33N7O5.C4H10.C3H6O2.C2H6/c1-15(2)22(32-20(34)13-27)24(37)28-14-21(35)29-19(12-16-8-4-3-5-9-16)23(36)25(38)33-26-30-17-10-6-7-11-18(17)31-26;1-4(2)3;1-2-3(4)5;1-2/h3-11,15,19,22-23,36H,12-14,27H2,1-2H3,(H,28,37)(H,29,35)(H,32,34)(H2,30,31,33,38);4H,1-3H3;2H2,1H3,(H,4,5);1-2H3/t19-,22?,23?;;;/m0.../s1. The molecule has 3 rings (SSSR count). The molecule has 0 aliphatic carbocycles. The number of aliphatic carboxylic acids is 1. The number of nitrogens with one attached hydrogen (secondary N) is 5. The number of nitrogens with zero attached hydrogens (tertiary/aromatic N) is 1. The Morgan fingerprint density at radius 2 is 1.41 bits per heavy atom. The first-order valence-corrected chi connectivity index (χ1v) is 16.4. The number of hydrogen-bond donors (Lipinski definition) is 8. The number of benzene rings is 2. The zero-order valence-corrected chi connectivity index (χ0v) is 29.9. The van der Waals surface area contributed by atoms with Crippen LogP contribution in [0.25, 0.3) is 11.0 Å². The Bertz CT molecular complexity index is 1390. The number of hydrogen-bond acceptors (Lipinski definition) is 8. The van der Waals surface area contributed by atoms with Crippen molar-refractivity contribution in [3.8, 4) is 0 Å². The Hall–Kier alpha value is -4.82. The molecule has 0 saturated carbocycles. The van der Waals surface area contributed by atoms with Crippen molar-refractivity contribution in [1.82, 2.24) is 25.9 Å². The van der Waals surface area contributed by atoms with Crippen LogP contribution < -0.4 is 27.0 Å². The molecule has 3 atom stereocenters. The molecule has 9 N–H and O–H groups in total. The summed E-state index contributed by atoms with van der Waals surface area (Å²) in [5, 5.41) is 28.8. The van der Waals surface area contributed by atoms with Gasteiger partial charge in [0.25, 0.3) is 5.91 Å². The number of carboxylic acids is 1. The Labute approximate surface area is 289 Å². The van der Waals surface area contributed by atoms with E-state index in [1.807, 2.05) is 32.0 Å². The molecule has 0 bridgehead atoms. The third kappa shape index (κ3) is 18.3. The van der Waals surface area contributed by atoms with Gasteiger partial charge in [-0.05, 0) is 36.0 Å². The van der Waals surface area contributed by atoms with Crippen LogP contribution in [-0.4, -0.2) is 81.1 Å². The summed E-state index contributed by atoms with van der Waals surface area (Å²) in [6.07, 6.45) is -1.26. The lowest BCUT2D eigenvalue weighted by atomic mass is 10.0. The predicted octanol–water partition coefficient (Wildman–Crippen LogP) is 2.98. The number of carboxylic acid groups (broad SMARTS) is 1. The molecule has 1 aromatic heterocycles. The van der Waals surface area contributed by atoms with Crippen LogP contribution in [0.5, 0.6) is 0 Å². The van der Waals surface area contributed by atoms with Gasteiger partial charge in [0.15, 0.2) is 6.10 Å². The normalized spacial score (nSPS) is 12.0. The molecule has 3 aromatic rings. The summed E-state index contributed by atoms with van der Waals surface area (Å²) in [4.78, 5) is 66.4. The first-order valence-electron chi connectivity index (χ1n) is 16.4. The number of aromatic amines is 1. The van der Waals surface area contributed by atoms with Gasteiger partial charge >= 0.3 is 5.97 Å². The van der Waals surface area contributed by atoms with E-state index in [4.69, 9.17) is 10.8 Å². The smallest absolute Gasteiger partial charge is 0.303 e. The SMILES string of the molecule is CC.CC(C)C.CC(C)C(NC(=O)CN)C(=O)NCC(=O)N[C@@H](Cc1ccccc1)C(O)C(=O)Nc1nc2ccccc2[nH]1.CCC(=O)O. The summed E-state index contributed by atoms with van der Waals surface area (Å²) in [5.74, 6) is -2.44. The zero-order chi connectivity index (χ0) is 37.5. The number of para-hydroxylation sites is 2. The minimum absolute atomic E-state index is 0.149. The summed E-state index contributed by atoms with van der Waals surface area (Å²) in [6, 6.07) is 14.4. The number of aliphatic hydroxyl groups is 1. The van der Waals surface area contributed by atoms with Crippen LogP contribution in [0.1, 0.15) is 67.4 Å². The number of nitrogens with two attached hydrogens (primary N) is 1. The summed E-state index contributed by atoms with van der Waals surface area (Å²) >= 11 is 0. The minimum atomic E-state index is -1.63. The van der Waals surface area contributed by atoms with Crippen LogP contribution in [-0.2, 0) is 30.4 Å². The lowest BCUT2D eigenvalue weighted by molar-refractivity contribution is -0.136. The van der Waals surface area contributed by atoms with E-state index in [-0.39, 0.29) is 31.3 Å².